The van der Waals surface area contributed by atoms with Crippen LogP contribution in [-0.2, 0) is 10.2 Å². The fourth-order valence-corrected chi connectivity index (χ4v) is 3.60. The third-order valence-corrected chi connectivity index (χ3v) is 4.99. The van der Waals surface area contributed by atoms with Crippen molar-refractivity contribution in [1.29, 1.82) is 0 Å². The highest BCUT2D eigenvalue weighted by Gasteiger charge is 2.44. The number of rotatable bonds is 3. The Bertz CT molecular complexity index is 733. The minimum Gasteiger partial charge on any atom is -0.465 e. The predicted molar refractivity (Wildman–Crippen MR) is 86.0 cm³/mol. The highest BCUT2D eigenvalue weighted by atomic mass is 16.3. The van der Waals surface area contributed by atoms with Crippen molar-refractivity contribution in [3.8, 4) is 0 Å². The molecule has 4 rings (SSSR count). The van der Waals surface area contributed by atoms with Crippen LogP contribution in [0.4, 0.5) is 17.1 Å². The summed E-state index contributed by atoms with van der Waals surface area (Å²) in [7, 11) is 0. The monoisotopic (exact) mass is 297 g/mol. The third kappa shape index (κ3) is 1.62. The van der Waals surface area contributed by atoms with Gasteiger partial charge >= 0.3 is 0 Å². The van der Waals surface area contributed by atoms with Gasteiger partial charge in [-0.1, -0.05) is 13.8 Å². The van der Waals surface area contributed by atoms with Gasteiger partial charge in [0.05, 0.1) is 23.1 Å². The molecule has 1 aromatic heterocycles. The number of hydrogen-bond acceptors (Lipinski definition) is 4. The van der Waals surface area contributed by atoms with Crippen molar-refractivity contribution in [3.63, 3.8) is 0 Å². The molecule has 0 fully saturated rings. The van der Waals surface area contributed by atoms with Crippen molar-refractivity contribution in [2.24, 2.45) is 0 Å². The molecule has 1 unspecified atom stereocenters. The largest absolute Gasteiger partial charge is 0.465 e. The van der Waals surface area contributed by atoms with Crippen molar-refractivity contribution in [1.82, 2.24) is 0 Å². The van der Waals surface area contributed by atoms with Gasteiger partial charge in [0.25, 0.3) is 0 Å². The maximum Gasteiger partial charge on any atom is 0.235 e. The van der Waals surface area contributed by atoms with Gasteiger partial charge in [-0.2, -0.15) is 0 Å². The molecule has 0 saturated heterocycles. The Morgan fingerprint density at radius 3 is 2.50 bits per heavy atom. The maximum absolute atomic E-state index is 12.4. The van der Waals surface area contributed by atoms with E-state index in [-0.39, 0.29) is 12.1 Å². The van der Waals surface area contributed by atoms with Gasteiger partial charge in [0.2, 0.25) is 5.91 Å². The summed E-state index contributed by atoms with van der Waals surface area (Å²) >= 11 is 0. The van der Waals surface area contributed by atoms with E-state index in [1.54, 1.807) is 6.26 Å². The molecule has 1 amide bonds. The molecule has 3 N–H and O–H groups in total. The summed E-state index contributed by atoms with van der Waals surface area (Å²) in [6.07, 6.45) is 3.20. The van der Waals surface area contributed by atoms with Gasteiger partial charge in [0.1, 0.15) is 5.76 Å². The summed E-state index contributed by atoms with van der Waals surface area (Å²) in [6.45, 7) is 4.14. The summed E-state index contributed by atoms with van der Waals surface area (Å²) in [4.78, 5) is 12.4. The first-order chi connectivity index (χ1) is 10.7. The summed E-state index contributed by atoms with van der Waals surface area (Å²) in [5.41, 5.74) is 3.61. The van der Waals surface area contributed by atoms with Gasteiger partial charge in [-0.05, 0) is 42.7 Å². The van der Waals surface area contributed by atoms with Crippen LogP contribution >= 0.6 is 0 Å². The average molecular weight is 297 g/mol. The standard InChI is InChI=1S/C17H19N3O2/c1-3-17(4-2)10-8-12-13(9-11(10)20-16(17)21)19-15(18-12)14-6-5-7-22-14/h5-9,15,18-19H,3-4H2,1-2H3,(H,20,21). The first kappa shape index (κ1) is 13.2. The number of fused-ring (bicyclic) bond motifs is 2. The summed E-state index contributed by atoms with van der Waals surface area (Å²) in [5, 5.41) is 9.85. The zero-order chi connectivity index (χ0) is 15.3. The molecule has 2 aromatic rings. The van der Waals surface area contributed by atoms with E-state index in [2.05, 4.69) is 35.9 Å². The second-order valence-corrected chi connectivity index (χ2v) is 5.92. The fourth-order valence-electron chi connectivity index (χ4n) is 3.60. The zero-order valence-corrected chi connectivity index (χ0v) is 12.7. The quantitative estimate of drug-likeness (QED) is 0.805. The molecule has 0 radical (unpaired) electrons. The van der Waals surface area contributed by atoms with Crippen molar-refractivity contribution >= 4 is 23.0 Å². The van der Waals surface area contributed by atoms with Crippen molar-refractivity contribution < 1.29 is 9.21 Å². The van der Waals surface area contributed by atoms with Crippen LogP contribution in [0.5, 0.6) is 0 Å². The Kier molecular flexibility index (Phi) is 2.73. The van der Waals surface area contributed by atoms with Crippen LogP contribution in [0.3, 0.4) is 0 Å². The number of furan rings is 1. The van der Waals surface area contributed by atoms with E-state index in [1.165, 1.54) is 0 Å². The van der Waals surface area contributed by atoms with Crippen LogP contribution < -0.4 is 16.0 Å². The maximum atomic E-state index is 12.4. The van der Waals surface area contributed by atoms with Gasteiger partial charge in [0, 0.05) is 5.69 Å². The van der Waals surface area contributed by atoms with Crippen molar-refractivity contribution in [2.45, 2.75) is 38.3 Å². The summed E-state index contributed by atoms with van der Waals surface area (Å²) < 4.78 is 5.46. The Hall–Kier alpha value is -2.43. The zero-order valence-electron chi connectivity index (χ0n) is 12.7. The molecule has 2 aliphatic heterocycles. The van der Waals surface area contributed by atoms with Gasteiger partial charge < -0.3 is 20.4 Å². The smallest absolute Gasteiger partial charge is 0.235 e. The molecule has 0 spiro atoms. The molecular formula is C17H19N3O2. The normalized spacial score (nSPS) is 20.8. The lowest BCUT2D eigenvalue weighted by Crippen LogP contribution is -2.32. The Balaban J connectivity index is 1.74. The second kappa shape index (κ2) is 4.53. The van der Waals surface area contributed by atoms with Crippen molar-refractivity contribution in [3.05, 3.63) is 41.9 Å². The second-order valence-electron chi connectivity index (χ2n) is 5.92. The van der Waals surface area contributed by atoms with Crippen LogP contribution in [0.15, 0.2) is 34.9 Å². The molecule has 22 heavy (non-hydrogen) atoms. The number of benzene rings is 1. The van der Waals surface area contributed by atoms with E-state index in [4.69, 9.17) is 4.42 Å². The van der Waals surface area contributed by atoms with E-state index >= 15 is 0 Å². The van der Waals surface area contributed by atoms with Crippen molar-refractivity contribution in [2.75, 3.05) is 16.0 Å². The van der Waals surface area contributed by atoms with E-state index in [1.807, 2.05) is 18.2 Å². The van der Waals surface area contributed by atoms with Gasteiger partial charge in [0.15, 0.2) is 6.17 Å². The lowest BCUT2D eigenvalue weighted by molar-refractivity contribution is -0.121. The summed E-state index contributed by atoms with van der Waals surface area (Å²) in [5.74, 6) is 0.955. The minimum atomic E-state index is -0.408. The minimum absolute atomic E-state index is 0.0686. The van der Waals surface area contributed by atoms with Gasteiger partial charge in [-0.25, -0.2) is 0 Å². The first-order valence-corrected chi connectivity index (χ1v) is 7.74. The average Bonchev–Trinajstić information content (AvgIpc) is 3.22. The molecule has 1 aromatic carbocycles. The lowest BCUT2D eigenvalue weighted by atomic mass is 9.77. The van der Waals surface area contributed by atoms with E-state index in [0.29, 0.717) is 0 Å². The molecule has 1 atom stereocenters. The molecule has 0 saturated carbocycles. The third-order valence-electron chi connectivity index (χ3n) is 4.99. The topological polar surface area (TPSA) is 66.3 Å². The van der Waals surface area contributed by atoms with Crippen LogP contribution in [0.25, 0.3) is 0 Å². The van der Waals surface area contributed by atoms with Crippen LogP contribution in [0.2, 0.25) is 0 Å². The number of anilines is 3. The van der Waals surface area contributed by atoms with Gasteiger partial charge in [-0.15, -0.1) is 0 Å². The predicted octanol–water partition coefficient (Wildman–Crippen LogP) is 3.83. The highest BCUT2D eigenvalue weighted by molar-refractivity contribution is 6.07. The molecule has 2 aliphatic rings. The number of carbonyl (C=O) groups is 1. The number of amides is 1. The Morgan fingerprint density at radius 2 is 1.86 bits per heavy atom. The molecule has 0 bridgehead atoms. The Labute approximate surface area is 129 Å². The SMILES string of the molecule is CCC1(CC)C(=O)Nc2cc3c(cc21)NC(c1ccco1)N3. The molecule has 5 heteroatoms. The Morgan fingerprint density at radius 1 is 1.14 bits per heavy atom. The lowest BCUT2D eigenvalue weighted by Gasteiger charge is -2.24. The van der Waals surface area contributed by atoms with Crippen LogP contribution in [0, 0.1) is 0 Å². The molecular weight excluding hydrogens is 278 g/mol. The van der Waals surface area contributed by atoms with E-state index in [0.717, 1.165) is 41.2 Å². The van der Waals surface area contributed by atoms with Gasteiger partial charge in [-0.3, -0.25) is 4.79 Å². The number of hydrogen-bond donors (Lipinski definition) is 3. The fraction of sp³-hybridized carbons (Fsp3) is 0.353. The van der Waals surface area contributed by atoms with Crippen LogP contribution in [0.1, 0.15) is 44.2 Å². The molecule has 114 valence electrons. The number of carbonyl (C=O) groups excluding carboxylic acids is 1. The molecule has 0 aliphatic carbocycles. The van der Waals surface area contributed by atoms with E-state index in [9.17, 15) is 4.79 Å². The molecule has 3 heterocycles. The number of nitrogens with one attached hydrogen (secondary N) is 3. The molecule has 5 nitrogen and oxygen atoms in total. The van der Waals surface area contributed by atoms with Crippen LogP contribution in [-0.4, -0.2) is 5.91 Å². The summed E-state index contributed by atoms with van der Waals surface area (Å²) in [6, 6.07) is 7.94. The first-order valence-electron chi connectivity index (χ1n) is 7.74. The highest BCUT2D eigenvalue weighted by Crippen LogP contribution is 2.48. The van der Waals surface area contributed by atoms with E-state index < -0.39 is 5.41 Å².